The van der Waals surface area contributed by atoms with Crippen molar-refractivity contribution < 1.29 is 16.0 Å². The predicted octanol–water partition coefficient (Wildman–Crippen LogP) is 0.110. The van der Waals surface area contributed by atoms with E-state index in [1.54, 1.807) is 0 Å². The Morgan fingerprint density at radius 3 is 1.25 bits per heavy atom. The third-order valence-corrected chi connectivity index (χ3v) is 0. The maximum absolute atomic E-state index is 4.24. The van der Waals surface area contributed by atoms with Crippen LogP contribution in [0, 0.1) is 0 Å². The summed E-state index contributed by atoms with van der Waals surface area (Å²) in [4.78, 5) is 0. The van der Waals surface area contributed by atoms with Gasteiger partial charge in [0.25, 0.3) is 0 Å². The van der Waals surface area contributed by atoms with Gasteiger partial charge in [-0.1, -0.05) is 0 Å². The number of rotatable bonds is 0. The van der Waals surface area contributed by atoms with E-state index in [9.17, 15) is 0 Å². The Morgan fingerprint density at radius 2 is 1.25 bits per heavy atom. The van der Waals surface area contributed by atoms with Crippen molar-refractivity contribution in [3.05, 3.63) is 0 Å². The molecule has 0 bridgehead atoms. The molecule has 31 valence electrons. The van der Waals surface area contributed by atoms with Gasteiger partial charge in [-0.15, -0.1) is 0 Å². The van der Waals surface area contributed by atoms with Gasteiger partial charge in [-0.25, -0.2) is 0 Å². The van der Waals surface area contributed by atoms with E-state index in [4.69, 9.17) is 0 Å². The fraction of sp³-hybridized carbons (Fsp3) is 0. The van der Waals surface area contributed by atoms with Crippen molar-refractivity contribution in [3.8, 4) is 0 Å². The second-order valence-electron chi connectivity index (χ2n) is 0.0503. The Balaban J connectivity index is 0. The van der Waals surface area contributed by atoms with Crippen LogP contribution in [0.5, 0.6) is 0 Å². The van der Waals surface area contributed by atoms with Crippen LogP contribution in [0.1, 0.15) is 0 Å². The van der Waals surface area contributed by atoms with Crippen LogP contribution < -0.4 is 0 Å². The quantitative estimate of drug-likeness (QED) is 0.545. The molecule has 0 aromatic heterocycles. The molecule has 0 nitrogen and oxygen atoms in total. The van der Waals surface area contributed by atoms with Crippen LogP contribution in [-0.4, -0.2) is 26.2 Å². The van der Waals surface area contributed by atoms with Crippen LogP contribution in [0.15, 0.2) is 0 Å². The second kappa shape index (κ2) is 8.91. The molecule has 0 aromatic carbocycles. The summed E-state index contributed by atoms with van der Waals surface area (Å²) in [5.74, 6) is 0. The first-order valence-corrected chi connectivity index (χ1v) is 4.37. The molecule has 0 saturated carbocycles. The van der Waals surface area contributed by atoms with Crippen LogP contribution in [0.4, 0.5) is 0 Å². The van der Waals surface area contributed by atoms with Crippen molar-refractivity contribution in [1.29, 1.82) is 0 Å². The summed E-state index contributed by atoms with van der Waals surface area (Å²) in [6, 6.07) is 0. The molecule has 4 heavy (non-hydrogen) atoms. The van der Waals surface area contributed by atoms with Gasteiger partial charge in [-0.3, -0.25) is 0 Å². The Kier molecular flexibility index (Phi) is 21.0. The summed E-state index contributed by atoms with van der Waals surface area (Å²) in [5.41, 5.74) is 0. The first kappa shape index (κ1) is 9.42. The van der Waals surface area contributed by atoms with Crippen molar-refractivity contribution in [3.63, 3.8) is 0 Å². The predicted molar refractivity (Wildman–Crippen MR) is 25.1 cm³/mol. The molecule has 0 atom stereocenters. The van der Waals surface area contributed by atoms with Gasteiger partial charge < -0.3 is 0 Å². The molecule has 0 N–H and O–H groups in total. The van der Waals surface area contributed by atoms with Crippen molar-refractivity contribution in [2.24, 2.45) is 0 Å². The van der Waals surface area contributed by atoms with Crippen LogP contribution in [0.3, 0.4) is 0 Å². The molecule has 0 spiro atoms. The first-order valence-electron chi connectivity index (χ1n) is 0.246. The van der Waals surface area contributed by atoms with Gasteiger partial charge >= 0.3 is 61.4 Å². The topological polar surface area (TPSA) is 0 Å². The molecule has 0 aliphatic heterocycles. The van der Waals surface area contributed by atoms with Crippen molar-refractivity contribution >= 4 is 45.4 Å². The van der Waals surface area contributed by atoms with Gasteiger partial charge in [0.05, 0.1) is 0 Å². The Bertz CT molecular complexity index is 27.0. The molecule has 4 heteroatoms. The van der Waals surface area contributed by atoms with Crippen LogP contribution in [0.25, 0.3) is 0 Å². The normalized spacial score (nSPS) is 5.00. The molecular weight excluding hydrogens is 381 g/mol. The molecule has 0 radical (unpaired) electrons. The molecule has 0 aliphatic carbocycles. The summed E-state index contributed by atoms with van der Waals surface area (Å²) < 4.78 is 0. The van der Waals surface area contributed by atoms with Gasteiger partial charge in [0.2, 0.25) is 0 Å². The van der Waals surface area contributed by atoms with E-state index in [0.29, 0.717) is 0 Å². The standard InChI is InChI=1S/Ag.Bi.2S.3H. The summed E-state index contributed by atoms with van der Waals surface area (Å²) in [5, 5.41) is 0. The molecule has 0 fully saturated rings. The molecule has 0 unspecified atom stereocenters. The summed E-state index contributed by atoms with van der Waals surface area (Å²) in [6.45, 7) is 0. The molecule has 0 aromatic rings. The van der Waals surface area contributed by atoms with E-state index in [1.165, 1.54) is 0 Å². The zero-order valence-electron chi connectivity index (χ0n) is 1.83. The molecule has 0 saturated heterocycles. The van der Waals surface area contributed by atoms with Crippen molar-refractivity contribution in [2.75, 3.05) is 0 Å². The Labute approximate surface area is 60.4 Å². The van der Waals surface area contributed by atoms with Crippen LogP contribution >= 0.6 is 19.2 Å². The van der Waals surface area contributed by atoms with Gasteiger partial charge in [0, 0.05) is 0 Å². The van der Waals surface area contributed by atoms with Gasteiger partial charge in [0.15, 0.2) is 0 Å². The zero-order chi connectivity index (χ0) is 2.71. The Morgan fingerprint density at radius 1 is 1.25 bits per heavy atom. The van der Waals surface area contributed by atoms with Crippen LogP contribution in [-0.2, 0) is 16.0 Å². The van der Waals surface area contributed by atoms with E-state index >= 15 is 0 Å². The minimum absolute atomic E-state index is 0. The second-order valence-corrected chi connectivity index (χ2v) is 2.68. The van der Waals surface area contributed by atoms with E-state index in [0.717, 1.165) is 0 Å². The van der Waals surface area contributed by atoms with Crippen molar-refractivity contribution in [2.45, 2.75) is 0 Å². The Hall–Kier alpha value is 2.06. The fourth-order valence-electron chi connectivity index (χ4n) is 0. The SMILES string of the molecule is [BiH3].[S]=[Ag]=[S]. The van der Waals surface area contributed by atoms with Gasteiger partial charge in [-0.05, 0) is 0 Å². The van der Waals surface area contributed by atoms with E-state index in [1.807, 2.05) is 0 Å². The molecule has 0 amide bonds. The van der Waals surface area contributed by atoms with Crippen molar-refractivity contribution in [1.82, 2.24) is 0 Å². The zero-order valence-corrected chi connectivity index (χ0v) is 10.4. The third kappa shape index (κ3) is 8.96. The fourth-order valence-corrected chi connectivity index (χ4v) is 0. The maximum atomic E-state index is 4.24. The molecule has 0 rings (SSSR count). The van der Waals surface area contributed by atoms with E-state index in [2.05, 4.69) is 19.2 Å². The minimum atomic E-state index is 0. The first-order chi connectivity index (χ1) is 1.41. The average molecular weight is 384 g/mol. The summed E-state index contributed by atoms with van der Waals surface area (Å²) in [6.07, 6.45) is 0. The number of hydrogen-bond acceptors (Lipinski definition) is 2. The monoisotopic (exact) mass is 383 g/mol. The molecule has 0 heterocycles. The van der Waals surface area contributed by atoms with E-state index in [-0.39, 0.29) is 42.2 Å². The average Bonchev–Trinajstić information content (AvgIpc) is 0.918. The molecular formula is H3AgBiS2. The van der Waals surface area contributed by atoms with Gasteiger partial charge in [-0.2, -0.15) is 0 Å². The summed E-state index contributed by atoms with van der Waals surface area (Å²) in [7, 11) is 8.48. The molecule has 0 aliphatic rings. The van der Waals surface area contributed by atoms with E-state index < -0.39 is 0 Å². The number of hydrogen-bond donors (Lipinski definition) is 0. The van der Waals surface area contributed by atoms with Gasteiger partial charge in [0.1, 0.15) is 0 Å². The third-order valence-electron chi connectivity index (χ3n) is 0. The summed E-state index contributed by atoms with van der Waals surface area (Å²) >= 11 is 0.237. The van der Waals surface area contributed by atoms with Crippen LogP contribution in [0.2, 0.25) is 0 Å².